The van der Waals surface area contributed by atoms with Crippen molar-refractivity contribution in [1.29, 1.82) is 0 Å². The Morgan fingerprint density at radius 2 is 2.31 bits per heavy atom. The normalized spacial score (nSPS) is 10.4. The van der Waals surface area contributed by atoms with E-state index in [4.69, 9.17) is 17.3 Å². The standard InChI is InChI=1S/C8H8ClFN6/c9-6-2-1-3-7(10)5(6)4-12-16-8(11)13-14-15-16/h1-3,12H,4H2,(H2,11,13,15). The van der Waals surface area contributed by atoms with Crippen LogP contribution < -0.4 is 11.2 Å². The summed E-state index contributed by atoms with van der Waals surface area (Å²) in [6, 6.07) is 4.46. The van der Waals surface area contributed by atoms with Gasteiger partial charge in [-0.1, -0.05) is 22.8 Å². The first-order valence-electron chi connectivity index (χ1n) is 4.39. The van der Waals surface area contributed by atoms with Gasteiger partial charge in [-0.25, -0.2) is 4.39 Å². The molecule has 0 atom stereocenters. The zero-order valence-corrected chi connectivity index (χ0v) is 8.82. The highest BCUT2D eigenvalue weighted by Crippen LogP contribution is 2.18. The molecule has 0 aliphatic rings. The third-order valence-electron chi connectivity index (χ3n) is 1.96. The molecule has 8 heteroatoms. The molecular weight excluding hydrogens is 235 g/mol. The minimum Gasteiger partial charge on any atom is -0.365 e. The number of halogens is 2. The van der Waals surface area contributed by atoms with Crippen molar-refractivity contribution >= 4 is 17.5 Å². The number of nitrogens with two attached hydrogens (primary N) is 1. The predicted octanol–water partition coefficient (Wildman–Crippen LogP) is 0.791. The SMILES string of the molecule is Nc1nnnn1NCc1c(F)cccc1Cl. The van der Waals surface area contributed by atoms with Crippen LogP contribution in [0.25, 0.3) is 0 Å². The number of rotatable bonds is 3. The molecule has 1 aromatic carbocycles. The molecule has 6 nitrogen and oxygen atoms in total. The lowest BCUT2D eigenvalue weighted by Crippen LogP contribution is -2.19. The summed E-state index contributed by atoms with van der Waals surface area (Å²) in [5.41, 5.74) is 8.47. The fraction of sp³-hybridized carbons (Fsp3) is 0.125. The van der Waals surface area contributed by atoms with Gasteiger partial charge in [-0.15, -0.1) is 4.79 Å². The Balaban J connectivity index is 2.14. The van der Waals surface area contributed by atoms with Crippen LogP contribution in [0.15, 0.2) is 18.2 Å². The summed E-state index contributed by atoms with van der Waals surface area (Å²) in [6.07, 6.45) is 0. The number of aromatic nitrogens is 4. The van der Waals surface area contributed by atoms with E-state index in [9.17, 15) is 4.39 Å². The van der Waals surface area contributed by atoms with Gasteiger partial charge in [0.25, 0.3) is 5.95 Å². The average Bonchev–Trinajstić information content (AvgIpc) is 2.64. The van der Waals surface area contributed by atoms with E-state index in [-0.39, 0.29) is 12.5 Å². The van der Waals surface area contributed by atoms with Crippen LogP contribution in [0, 0.1) is 5.82 Å². The van der Waals surface area contributed by atoms with Gasteiger partial charge in [0.1, 0.15) is 5.82 Å². The fourth-order valence-electron chi connectivity index (χ4n) is 1.16. The third-order valence-corrected chi connectivity index (χ3v) is 2.32. The quantitative estimate of drug-likeness (QED) is 0.832. The summed E-state index contributed by atoms with van der Waals surface area (Å²) in [5, 5.41) is 10.7. The summed E-state index contributed by atoms with van der Waals surface area (Å²) >= 11 is 5.84. The lowest BCUT2D eigenvalue weighted by Gasteiger charge is -2.08. The monoisotopic (exact) mass is 242 g/mol. The third kappa shape index (κ3) is 2.03. The smallest absolute Gasteiger partial charge is 0.260 e. The van der Waals surface area contributed by atoms with Gasteiger partial charge in [0.05, 0.1) is 6.54 Å². The van der Waals surface area contributed by atoms with E-state index in [0.717, 1.165) is 4.79 Å². The number of nitrogens with one attached hydrogen (secondary N) is 1. The van der Waals surface area contributed by atoms with E-state index < -0.39 is 5.82 Å². The van der Waals surface area contributed by atoms with Crippen LogP contribution in [0.3, 0.4) is 0 Å². The van der Waals surface area contributed by atoms with E-state index in [0.29, 0.717) is 10.6 Å². The van der Waals surface area contributed by atoms with Crippen LogP contribution in [0.1, 0.15) is 5.56 Å². The molecule has 0 unspecified atom stereocenters. The maximum absolute atomic E-state index is 13.4. The van der Waals surface area contributed by atoms with Crippen LogP contribution in [-0.4, -0.2) is 20.3 Å². The van der Waals surface area contributed by atoms with Crippen molar-refractivity contribution in [3.63, 3.8) is 0 Å². The minimum atomic E-state index is -0.397. The first-order chi connectivity index (χ1) is 7.68. The van der Waals surface area contributed by atoms with Gasteiger partial charge >= 0.3 is 0 Å². The maximum atomic E-state index is 13.4. The van der Waals surface area contributed by atoms with Crippen molar-refractivity contribution < 1.29 is 4.39 Å². The summed E-state index contributed by atoms with van der Waals surface area (Å²) < 4.78 is 13.4. The van der Waals surface area contributed by atoms with E-state index in [1.807, 2.05) is 0 Å². The van der Waals surface area contributed by atoms with Crippen LogP contribution in [-0.2, 0) is 6.54 Å². The van der Waals surface area contributed by atoms with Crippen molar-refractivity contribution in [2.75, 3.05) is 11.2 Å². The molecule has 0 aliphatic carbocycles. The maximum Gasteiger partial charge on any atom is 0.260 e. The predicted molar refractivity (Wildman–Crippen MR) is 56.7 cm³/mol. The summed E-state index contributed by atoms with van der Waals surface area (Å²) in [7, 11) is 0. The molecule has 0 bridgehead atoms. The molecular formula is C8H8ClFN6. The van der Waals surface area contributed by atoms with Gasteiger partial charge in [0, 0.05) is 10.6 Å². The molecule has 1 aromatic heterocycles. The van der Waals surface area contributed by atoms with Crippen LogP contribution >= 0.6 is 11.6 Å². The Morgan fingerprint density at radius 3 is 2.94 bits per heavy atom. The van der Waals surface area contributed by atoms with Crippen molar-refractivity contribution in [3.05, 3.63) is 34.6 Å². The summed E-state index contributed by atoms with van der Waals surface area (Å²) in [6.45, 7) is 0.140. The second kappa shape index (κ2) is 4.31. The van der Waals surface area contributed by atoms with E-state index in [1.165, 1.54) is 12.1 Å². The number of nitrogens with zero attached hydrogens (tertiary/aromatic N) is 4. The van der Waals surface area contributed by atoms with E-state index in [1.54, 1.807) is 6.07 Å². The number of tetrazole rings is 1. The molecule has 0 aliphatic heterocycles. The molecule has 0 saturated carbocycles. The molecule has 2 aromatic rings. The molecule has 2 rings (SSSR count). The fourth-order valence-corrected chi connectivity index (χ4v) is 1.39. The second-order valence-corrected chi connectivity index (χ2v) is 3.39. The van der Waals surface area contributed by atoms with Crippen molar-refractivity contribution in [2.24, 2.45) is 0 Å². The van der Waals surface area contributed by atoms with Crippen molar-refractivity contribution in [3.8, 4) is 0 Å². The van der Waals surface area contributed by atoms with Gasteiger partial charge in [-0.3, -0.25) is 0 Å². The molecule has 16 heavy (non-hydrogen) atoms. The molecule has 84 valence electrons. The Kier molecular flexibility index (Phi) is 2.86. The number of nitrogen functional groups attached to an aromatic ring is 1. The summed E-state index contributed by atoms with van der Waals surface area (Å²) in [5.74, 6) is -0.306. The molecule has 0 spiro atoms. The molecule has 0 amide bonds. The molecule has 0 fully saturated rings. The first kappa shape index (κ1) is 10.6. The Labute approximate surface area is 95.2 Å². The zero-order chi connectivity index (χ0) is 11.5. The molecule has 0 saturated heterocycles. The lowest BCUT2D eigenvalue weighted by molar-refractivity contribution is 0.603. The summed E-state index contributed by atoms with van der Waals surface area (Å²) in [4.78, 5) is 1.14. The molecule has 1 heterocycles. The highest BCUT2D eigenvalue weighted by Gasteiger charge is 2.07. The van der Waals surface area contributed by atoms with Crippen molar-refractivity contribution in [2.45, 2.75) is 6.54 Å². The van der Waals surface area contributed by atoms with Gasteiger partial charge in [0.2, 0.25) is 0 Å². The van der Waals surface area contributed by atoms with Gasteiger partial charge in [-0.2, -0.15) is 0 Å². The first-order valence-corrected chi connectivity index (χ1v) is 4.77. The van der Waals surface area contributed by atoms with E-state index in [2.05, 4.69) is 21.0 Å². The van der Waals surface area contributed by atoms with Crippen LogP contribution in [0.4, 0.5) is 10.3 Å². The lowest BCUT2D eigenvalue weighted by atomic mass is 10.2. The minimum absolute atomic E-state index is 0.0902. The van der Waals surface area contributed by atoms with Gasteiger partial charge in [0.15, 0.2) is 0 Å². The highest BCUT2D eigenvalue weighted by molar-refractivity contribution is 6.31. The zero-order valence-electron chi connectivity index (χ0n) is 8.06. The van der Waals surface area contributed by atoms with Gasteiger partial charge < -0.3 is 11.2 Å². The number of hydrogen-bond donors (Lipinski definition) is 2. The Bertz CT molecular complexity index is 479. The average molecular weight is 243 g/mol. The molecule has 0 radical (unpaired) electrons. The van der Waals surface area contributed by atoms with Crippen molar-refractivity contribution in [1.82, 2.24) is 20.3 Å². The Hall–Kier alpha value is -1.89. The van der Waals surface area contributed by atoms with Gasteiger partial charge in [-0.05, 0) is 22.6 Å². The number of hydrogen-bond acceptors (Lipinski definition) is 5. The molecule has 3 N–H and O–H groups in total. The van der Waals surface area contributed by atoms with E-state index >= 15 is 0 Å². The number of benzene rings is 1. The number of anilines is 1. The largest absolute Gasteiger partial charge is 0.365 e. The second-order valence-electron chi connectivity index (χ2n) is 2.98. The van der Waals surface area contributed by atoms with Crippen LogP contribution in [0.5, 0.6) is 0 Å². The Morgan fingerprint density at radius 1 is 1.50 bits per heavy atom. The topological polar surface area (TPSA) is 81.7 Å². The highest BCUT2D eigenvalue weighted by atomic mass is 35.5. The van der Waals surface area contributed by atoms with Crippen LogP contribution in [0.2, 0.25) is 5.02 Å².